The highest BCUT2D eigenvalue weighted by atomic mass is 16.5. The molecule has 1 aliphatic heterocycles. The minimum atomic E-state index is 0.283. The number of hydrogen-bond donors (Lipinski definition) is 1. The highest BCUT2D eigenvalue weighted by Crippen LogP contribution is 2.42. The van der Waals surface area contributed by atoms with E-state index in [9.17, 15) is 0 Å². The molecule has 2 nitrogen and oxygen atoms in total. The maximum atomic E-state index is 6.23. The van der Waals surface area contributed by atoms with Crippen LogP contribution in [0.4, 0.5) is 0 Å². The summed E-state index contributed by atoms with van der Waals surface area (Å²) in [5, 5.41) is 0. The lowest BCUT2D eigenvalue weighted by Gasteiger charge is -2.43. The molecule has 2 unspecified atom stereocenters. The summed E-state index contributed by atoms with van der Waals surface area (Å²) >= 11 is 0. The summed E-state index contributed by atoms with van der Waals surface area (Å²) in [4.78, 5) is 0. The molecule has 1 heterocycles. The molecule has 0 aromatic heterocycles. The van der Waals surface area contributed by atoms with Crippen molar-refractivity contribution in [3.8, 4) is 0 Å². The van der Waals surface area contributed by atoms with E-state index in [2.05, 4.69) is 0 Å². The van der Waals surface area contributed by atoms with Crippen LogP contribution in [0.25, 0.3) is 0 Å². The Labute approximate surface area is 112 Å². The molecule has 2 heteroatoms. The second kappa shape index (κ2) is 5.50. The van der Waals surface area contributed by atoms with Crippen molar-refractivity contribution in [3.05, 3.63) is 0 Å². The standard InChI is InChI=1S/C16H29NO/c17-15(14-5-6-14)7-4-13-8-11-18-16(12-13)9-2-1-3-10-16/h13-15H,1-12,17H2. The van der Waals surface area contributed by atoms with Gasteiger partial charge in [-0.25, -0.2) is 0 Å². The summed E-state index contributed by atoms with van der Waals surface area (Å²) in [6, 6.07) is 0.496. The predicted octanol–water partition coefficient (Wildman–Crippen LogP) is 3.63. The summed E-state index contributed by atoms with van der Waals surface area (Å²) in [6.07, 6.45) is 14.8. The van der Waals surface area contributed by atoms with Gasteiger partial charge in [0.1, 0.15) is 0 Å². The van der Waals surface area contributed by atoms with E-state index in [4.69, 9.17) is 10.5 Å². The maximum Gasteiger partial charge on any atom is 0.0685 e. The number of rotatable bonds is 4. The van der Waals surface area contributed by atoms with Gasteiger partial charge in [-0.05, 0) is 63.2 Å². The molecule has 2 saturated carbocycles. The Hall–Kier alpha value is -0.0800. The molecule has 2 aliphatic carbocycles. The lowest BCUT2D eigenvalue weighted by atomic mass is 9.75. The van der Waals surface area contributed by atoms with Crippen molar-refractivity contribution in [1.82, 2.24) is 0 Å². The van der Waals surface area contributed by atoms with E-state index in [-0.39, 0.29) is 5.60 Å². The van der Waals surface area contributed by atoms with Crippen molar-refractivity contribution in [2.45, 2.75) is 82.3 Å². The van der Waals surface area contributed by atoms with Crippen LogP contribution in [-0.4, -0.2) is 18.2 Å². The van der Waals surface area contributed by atoms with Gasteiger partial charge < -0.3 is 10.5 Å². The van der Waals surface area contributed by atoms with E-state index in [0.29, 0.717) is 6.04 Å². The van der Waals surface area contributed by atoms with E-state index in [1.54, 1.807) is 0 Å². The SMILES string of the molecule is NC(CCC1CCOC2(CCCCC2)C1)C1CC1. The summed E-state index contributed by atoms with van der Waals surface area (Å²) in [6.45, 7) is 1.00. The maximum absolute atomic E-state index is 6.23. The van der Waals surface area contributed by atoms with Crippen LogP contribution in [0.5, 0.6) is 0 Å². The first-order chi connectivity index (χ1) is 8.77. The first-order valence-corrected chi connectivity index (χ1v) is 8.17. The van der Waals surface area contributed by atoms with Crippen LogP contribution in [0, 0.1) is 11.8 Å². The van der Waals surface area contributed by atoms with Gasteiger partial charge in [0.2, 0.25) is 0 Å². The number of ether oxygens (including phenoxy) is 1. The Bertz CT molecular complexity index is 263. The minimum Gasteiger partial charge on any atom is -0.375 e. The van der Waals surface area contributed by atoms with Crippen LogP contribution in [-0.2, 0) is 4.74 Å². The van der Waals surface area contributed by atoms with Crippen molar-refractivity contribution in [2.75, 3.05) is 6.61 Å². The molecular formula is C16H29NO. The van der Waals surface area contributed by atoms with Crippen molar-refractivity contribution in [2.24, 2.45) is 17.6 Å². The quantitative estimate of drug-likeness (QED) is 0.828. The first-order valence-electron chi connectivity index (χ1n) is 8.17. The van der Waals surface area contributed by atoms with Gasteiger partial charge in [-0.3, -0.25) is 0 Å². The van der Waals surface area contributed by atoms with Crippen LogP contribution in [0.1, 0.15) is 70.6 Å². The molecule has 1 spiro atoms. The molecule has 3 rings (SSSR count). The lowest BCUT2D eigenvalue weighted by molar-refractivity contribution is -0.118. The van der Waals surface area contributed by atoms with Gasteiger partial charge in [0.15, 0.2) is 0 Å². The molecule has 2 atom stereocenters. The van der Waals surface area contributed by atoms with Crippen molar-refractivity contribution in [3.63, 3.8) is 0 Å². The molecule has 0 radical (unpaired) electrons. The van der Waals surface area contributed by atoms with Gasteiger partial charge >= 0.3 is 0 Å². The predicted molar refractivity (Wildman–Crippen MR) is 74.4 cm³/mol. The summed E-state index contributed by atoms with van der Waals surface area (Å²) < 4.78 is 6.17. The molecule has 0 aromatic carbocycles. The van der Waals surface area contributed by atoms with Gasteiger partial charge in [0, 0.05) is 12.6 Å². The molecule has 0 bridgehead atoms. The van der Waals surface area contributed by atoms with Crippen LogP contribution >= 0.6 is 0 Å². The zero-order valence-corrected chi connectivity index (χ0v) is 11.7. The van der Waals surface area contributed by atoms with E-state index < -0.39 is 0 Å². The monoisotopic (exact) mass is 251 g/mol. The van der Waals surface area contributed by atoms with Gasteiger partial charge in [-0.1, -0.05) is 19.3 Å². The zero-order chi connectivity index (χ0) is 12.4. The second-order valence-corrected chi connectivity index (χ2v) is 7.03. The fraction of sp³-hybridized carbons (Fsp3) is 1.00. The van der Waals surface area contributed by atoms with Crippen LogP contribution in [0.3, 0.4) is 0 Å². The highest BCUT2D eigenvalue weighted by molar-refractivity contribution is 4.91. The average molecular weight is 251 g/mol. The molecule has 0 aromatic rings. The van der Waals surface area contributed by atoms with Gasteiger partial charge in [0.05, 0.1) is 5.60 Å². The smallest absolute Gasteiger partial charge is 0.0685 e. The normalized spacial score (nSPS) is 33.5. The van der Waals surface area contributed by atoms with E-state index >= 15 is 0 Å². The first kappa shape index (κ1) is 12.9. The molecule has 104 valence electrons. The van der Waals surface area contributed by atoms with Crippen molar-refractivity contribution >= 4 is 0 Å². The van der Waals surface area contributed by atoms with Gasteiger partial charge in [-0.15, -0.1) is 0 Å². The Morgan fingerprint density at radius 2 is 1.89 bits per heavy atom. The second-order valence-electron chi connectivity index (χ2n) is 7.03. The molecular weight excluding hydrogens is 222 g/mol. The molecule has 0 amide bonds. The molecule has 3 fully saturated rings. The van der Waals surface area contributed by atoms with Crippen LogP contribution < -0.4 is 5.73 Å². The molecule has 1 saturated heterocycles. The Morgan fingerprint density at radius 3 is 2.61 bits per heavy atom. The number of nitrogens with two attached hydrogens (primary N) is 1. The number of hydrogen-bond acceptors (Lipinski definition) is 2. The molecule has 3 aliphatic rings. The topological polar surface area (TPSA) is 35.2 Å². The van der Waals surface area contributed by atoms with Crippen LogP contribution in [0.2, 0.25) is 0 Å². The summed E-state index contributed by atoms with van der Waals surface area (Å²) in [5.74, 6) is 1.76. The lowest BCUT2D eigenvalue weighted by Crippen LogP contribution is -2.41. The van der Waals surface area contributed by atoms with Gasteiger partial charge in [-0.2, -0.15) is 0 Å². The van der Waals surface area contributed by atoms with E-state index in [0.717, 1.165) is 18.4 Å². The Balaban J connectivity index is 1.47. The third kappa shape index (κ3) is 3.08. The third-order valence-electron chi connectivity index (χ3n) is 5.50. The van der Waals surface area contributed by atoms with Crippen molar-refractivity contribution in [1.29, 1.82) is 0 Å². The summed E-state index contributed by atoms with van der Waals surface area (Å²) in [7, 11) is 0. The Kier molecular flexibility index (Phi) is 3.95. The van der Waals surface area contributed by atoms with E-state index in [1.807, 2.05) is 0 Å². The van der Waals surface area contributed by atoms with Gasteiger partial charge in [0.25, 0.3) is 0 Å². The largest absolute Gasteiger partial charge is 0.375 e. The van der Waals surface area contributed by atoms with Crippen molar-refractivity contribution < 1.29 is 4.74 Å². The molecule has 18 heavy (non-hydrogen) atoms. The molecule has 2 N–H and O–H groups in total. The fourth-order valence-corrected chi connectivity index (χ4v) is 4.11. The average Bonchev–Trinajstić information content (AvgIpc) is 3.21. The zero-order valence-electron chi connectivity index (χ0n) is 11.7. The van der Waals surface area contributed by atoms with Crippen LogP contribution in [0.15, 0.2) is 0 Å². The fourth-order valence-electron chi connectivity index (χ4n) is 4.11. The third-order valence-corrected chi connectivity index (χ3v) is 5.50. The highest BCUT2D eigenvalue weighted by Gasteiger charge is 2.38. The van der Waals surface area contributed by atoms with E-state index in [1.165, 1.54) is 70.6 Å². The minimum absolute atomic E-state index is 0.283. The Morgan fingerprint density at radius 1 is 1.11 bits per heavy atom. The summed E-state index contributed by atoms with van der Waals surface area (Å²) in [5.41, 5.74) is 6.52.